The third-order valence-electron chi connectivity index (χ3n) is 2.92. The van der Waals surface area contributed by atoms with Crippen molar-refractivity contribution in [2.24, 2.45) is 0 Å². The van der Waals surface area contributed by atoms with Gasteiger partial charge in [0, 0.05) is 6.07 Å². The molecule has 0 heterocycles. The molecule has 1 radical (unpaired) electrons. The molecule has 0 aliphatic heterocycles. The van der Waals surface area contributed by atoms with E-state index in [9.17, 15) is 4.39 Å². The summed E-state index contributed by atoms with van der Waals surface area (Å²) in [5.74, 6) is 0.362. The molecule has 1 rings (SSSR count). The van der Waals surface area contributed by atoms with Crippen molar-refractivity contribution >= 4 is 8.32 Å². The SMILES string of the molecule is CC(C)(C)[Si](C)(C)Oc1[c]cc(F)cc1. The van der Waals surface area contributed by atoms with E-state index in [1.165, 1.54) is 12.1 Å². The van der Waals surface area contributed by atoms with E-state index in [0.29, 0.717) is 5.75 Å². The van der Waals surface area contributed by atoms with Crippen molar-refractivity contribution in [3.63, 3.8) is 0 Å². The molecule has 0 aliphatic carbocycles. The zero-order valence-electron chi connectivity index (χ0n) is 10.0. The number of rotatable bonds is 2. The lowest BCUT2D eigenvalue weighted by atomic mass is 10.2. The quantitative estimate of drug-likeness (QED) is 0.691. The summed E-state index contributed by atoms with van der Waals surface area (Å²) in [6.45, 7) is 10.8. The first-order chi connectivity index (χ1) is 6.72. The van der Waals surface area contributed by atoms with E-state index in [1.54, 1.807) is 6.07 Å². The van der Waals surface area contributed by atoms with Gasteiger partial charge in [0.25, 0.3) is 8.32 Å². The fourth-order valence-electron chi connectivity index (χ4n) is 0.883. The number of benzene rings is 1. The van der Waals surface area contributed by atoms with Crippen LogP contribution >= 0.6 is 0 Å². The van der Waals surface area contributed by atoms with Crippen LogP contribution in [0, 0.1) is 11.9 Å². The first kappa shape index (κ1) is 12.2. The van der Waals surface area contributed by atoms with Crippen LogP contribution in [0.4, 0.5) is 4.39 Å². The molecular formula is C12H18FOSi. The summed E-state index contributed by atoms with van der Waals surface area (Å²) in [7, 11) is -1.82. The Labute approximate surface area is 92.4 Å². The van der Waals surface area contributed by atoms with Crippen LogP contribution in [0.15, 0.2) is 18.2 Å². The number of hydrogen-bond acceptors (Lipinski definition) is 1. The molecule has 0 spiro atoms. The highest BCUT2D eigenvalue weighted by Crippen LogP contribution is 2.37. The fourth-order valence-corrected chi connectivity index (χ4v) is 1.87. The van der Waals surface area contributed by atoms with Crippen molar-refractivity contribution in [3.8, 4) is 5.75 Å². The Balaban J connectivity index is 2.82. The first-order valence-corrected chi connectivity index (χ1v) is 7.99. The van der Waals surface area contributed by atoms with Gasteiger partial charge in [0.15, 0.2) is 0 Å². The first-order valence-electron chi connectivity index (χ1n) is 5.09. The van der Waals surface area contributed by atoms with Crippen LogP contribution in [0.2, 0.25) is 18.1 Å². The van der Waals surface area contributed by atoms with Gasteiger partial charge in [0.2, 0.25) is 0 Å². The molecular weight excluding hydrogens is 207 g/mol. The van der Waals surface area contributed by atoms with Gasteiger partial charge in [-0.25, -0.2) is 4.39 Å². The van der Waals surface area contributed by atoms with Crippen molar-refractivity contribution in [2.75, 3.05) is 0 Å². The predicted octanol–water partition coefficient (Wildman–Crippen LogP) is 4.01. The van der Waals surface area contributed by atoms with Crippen LogP contribution in [0.25, 0.3) is 0 Å². The lowest BCUT2D eigenvalue weighted by Crippen LogP contribution is -2.43. The molecule has 0 saturated carbocycles. The fraction of sp³-hybridized carbons (Fsp3) is 0.500. The highest BCUT2D eigenvalue weighted by atomic mass is 28.4. The second-order valence-corrected chi connectivity index (χ2v) is 9.96. The minimum atomic E-state index is -1.82. The van der Waals surface area contributed by atoms with Gasteiger partial charge in [-0.2, -0.15) is 0 Å². The lowest BCUT2D eigenvalue weighted by molar-refractivity contribution is 0.489. The van der Waals surface area contributed by atoms with Gasteiger partial charge in [-0.15, -0.1) is 0 Å². The molecule has 0 amide bonds. The van der Waals surface area contributed by atoms with E-state index in [0.717, 1.165) is 0 Å². The average Bonchev–Trinajstić information content (AvgIpc) is 2.06. The van der Waals surface area contributed by atoms with Crippen LogP contribution in [-0.4, -0.2) is 8.32 Å². The highest BCUT2D eigenvalue weighted by molar-refractivity contribution is 6.74. The minimum absolute atomic E-state index is 0.148. The van der Waals surface area contributed by atoms with Gasteiger partial charge in [0.1, 0.15) is 11.6 Å². The van der Waals surface area contributed by atoms with E-state index in [1.807, 2.05) is 0 Å². The summed E-state index contributed by atoms with van der Waals surface area (Å²) in [5.41, 5.74) is 0. The monoisotopic (exact) mass is 225 g/mol. The Morgan fingerprint density at radius 2 is 1.87 bits per heavy atom. The maximum Gasteiger partial charge on any atom is 0.250 e. The molecule has 15 heavy (non-hydrogen) atoms. The Bertz CT molecular complexity index is 324. The van der Waals surface area contributed by atoms with E-state index < -0.39 is 8.32 Å². The van der Waals surface area contributed by atoms with Crippen molar-refractivity contribution in [1.29, 1.82) is 0 Å². The summed E-state index contributed by atoms with van der Waals surface area (Å²) in [4.78, 5) is 0. The second kappa shape index (κ2) is 3.97. The molecule has 1 nitrogen and oxygen atoms in total. The van der Waals surface area contributed by atoms with Crippen LogP contribution in [0.1, 0.15) is 20.8 Å². The van der Waals surface area contributed by atoms with Crippen LogP contribution in [0.5, 0.6) is 5.75 Å². The van der Waals surface area contributed by atoms with Crippen molar-refractivity contribution in [2.45, 2.75) is 38.9 Å². The maximum absolute atomic E-state index is 12.7. The highest BCUT2D eigenvalue weighted by Gasteiger charge is 2.38. The molecule has 0 unspecified atom stereocenters. The summed E-state index contributed by atoms with van der Waals surface area (Å²) >= 11 is 0. The Morgan fingerprint density at radius 1 is 1.27 bits per heavy atom. The molecule has 83 valence electrons. The smallest absolute Gasteiger partial charge is 0.250 e. The minimum Gasteiger partial charge on any atom is -0.543 e. The van der Waals surface area contributed by atoms with Gasteiger partial charge in [-0.1, -0.05) is 20.8 Å². The van der Waals surface area contributed by atoms with E-state index in [-0.39, 0.29) is 10.9 Å². The topological polar surface area (TPSA) is 9.23 Å². The molecule has 0 bridgehead atoms. The molecule has 3 heteroatoms. The molecule has 1 aromatic carbocycles. The van der Waals surface area contributed by atoms with Crippen molar-refractivity contribution in [1.82, 2.24) is 0 Å². The standard InChI is InChI=1S/C12H18FOSi/c1-12(2,3)15(4,5)14-11-8-6-10(13)7-9-11/h6-8H,1-5H3. The summed E-state index contributed by atoms with van der Waals surface area (Å²) < 4.78 is 18.6. The maximum atomic E-state index is 12.7. The summed E-state index contributed by atoms with van der Waals surface area (Å²) in [6, 6.07) is 7.15. The third-order valence-corrected chi connectivity index (χ3v) is 7.26. The van der Waals surface area contributed by atoms with Crippen LogP contribution in [-0.2, 0) is 0 Å². The lowest BCUT2D eigenvalue weighted by Gasteiger charge is -2.36. The van der Waals surface area contributed by atoms with Gasteiger partial charge >= 0.3 is 0 Å². The Kier molecular flexibility index (Phi) is 3.24. The zero-order chi connectivity index (χ0) is 11.7. The molecule has 0 N–H and O–H groups in total. The second-order valence-electron chi connectivity index (χ2n) is 5.23. The van der Waals surface area contributed by atoms with Crippen LogP contribution in [0.3, 0.4) is 0 Å². The predicted molar refractivity (Wildman–Crippen MR) is 63.1 cm³/mol. The van der Waals surface area contributed by atoms with Gasteiger partial charge in [-0.05, 0) is 36.3 Å². The normalized spacial score (nSPS) is 12.7. The molecule has 0 fully saturated rings. The van der Waals surface area contributed by atoms with E-state index in [4.69, 9.17) is 4.43 Å². The average molecular weight is 225 g/mol. The molecule has 0 aromatic heterocycles. The number of halogens is 1. The Morgan fingerprint density at radius 3 is 2.27 bits per heavy atom. The van der Waals surface area contributed by atoms with Gasteiger partial charge in [0.05, 0.1) is 0 Å². The Hall–Kier alpha value is -0.833. The molecule has 0 saturated heterocycles. The third kappa shape index (κ3) is 3.06. The number of hydrogen-bond donors (Lipinski definition) is 0. The van der Waals surface area contributed by atoms with Crippen LogP contribution < -0.4 is 4.43 Å². The largest absolute Gasteiger partial charge is 0.543 e. The molecule has 0 aliphatic rings. The van der Waals surface area contributed by atoms with Gasteiger partial charge < -0.3 is 4.43 Å². The zero-order valence-corrected chi connectivity index (χ0v) is 11.0. The van der Waals surface area contributed by atoms with Gasteiger partial charge in [-0.3, -0.25) is 0 Å². The van der Waals surface area contributed by atoms with Crippen molar-refractivity contribution < 1.29 is 8.82 Å². The molecule has 1 aromatic rings. The van der Waals surface area contributed by atoms with E-state index in [2.05, 4.69) is 39.9 Å². The van der Waals surface area contributed by atoms with E-state index >= 15 is 0 Å². The summed E-state index contributed by atoms with van der Waals surface area (Å²) in [5, 5.41) is 0.148. The summed E-state index contributed by atoms with van der Waals surface area (Å²) in [6.07, 6.45) is 0. The molecule has 0 atom stereocenters. The van der Waals surface area contributed by atoms with Crippen molar-refractivity contribution in [3.05, 3.63) is 30.1 Å².